The van der Waals surface area contributed by atoms with Gasteiger partial charge >= 0.3 is 0 Å². The summed E-state index contributed by atoms with van der Waals surface area (Å²) in [7, 11) is 1.78. The number of nitrogen functional groups attached to an aromatic ring is 1. The molecule has 0 radical (unpaired) electrons. The largest absolute Gasteiger partial charge is 0.438 e. The minimum atomic E-state index is -0.193. The number of carbonyl (C=O) groups excluding carboxylic acids is 1. The molecule has 2 aromatic rings. The van der Waals surface area contributed by atoms with Crippen LogP contribution in [0.5, 0.6) is 11.6 Å². The van der Waals surface area contributed by atoms with E-state index < -0.39 is 0 Å². The van der Waals surface area contributed by atoms with Gasteiger partial charge in [-0.3, -0.25) is 4.79 Å². The molecule has 0 aliphatic rings. The number of rotatable bonds is 4. The van der Waals surface area contributed by atoms with Crippen molar-refractivity contribution >= 4 is 11.6 Å². The first kappa shape index (κ1) is 13.9. The van der Waals surface area contributed by atoms with E-state index in [1.54, 1.807) is 36.0 Å². The number of nitrogens with zero attached hydrogens (tertiary/aromatic N) is 2. The lowest BCUT2D eigenvalue weighted by atomic mass is 10.1. The molecule has 0 aliphatic carbocycles. The van der Waals surface area contributed by atoms with E-state index in [1.165, 1.54) is 0 Å². The first-order valence-electron chi connectivity index (χ1n) is 6.37. The zero-order chi connectivity index (χ0) is 14.7. The van der Waals surface area contributed by atoms with Crippen LogP contribution in [0.3, 0.4) is 0 Å². The highest BCUT2D eigenvalue weighted by Crippen LogP contribution is 2.27. The molecule has 2 rings (SSSR count). The Bertz CT molecular complexity index is 634. The van der Waals surface area contributed by atoms with E-state index in [0.29, 0.717) is 29.4 Å². The van der Waals surface area contributed by atoms with E-state index in [0.717, 1.165) is 5.69 Å². The summed E-state index contributed by atoms with van der Waals surface area (Å²) in [5, 5.41) is 6.95. The van der Waals surface area contributed by atoms with Crippen LogP contribution in [0, 0.1) is 6.92 Å². The lowest BCUT2D eigenvalue weighted by Crippen LogP contribution is -2.23. The maximum atomic E-state index is 12.0. The van der Waals surface area contributed by atoms with Crippen LogP contribution < -0.4 is 15.8 Å². The van der Waals surface area contributed by atoms with Crippen molar-refractivity contribution in [3.63, 3.8) is 0 Å². The molecule has 6 nitrogen and oxygen atoms in total. The van der Waals surface area contributed by atoms with Gasteiger partial charge in [0.2, 0.25) is 5.88 Å². The molecular formula is C14H18N4O2. The Hall–Kier alpha value is -2.50. The second-order valence-electron chi connectivity index (χ2n) is 4.46. The van der Waals surface area contributed by atoms with Gasteiger partial charge in [-0.05, 0) is 26.0 Å². The molecule has 1 aromatic heterocycles. The SMILES string of the molecule is CCNC(=O)c1ccc(N)cc1Oc1cc(C)nn1C. The Balaban J connectivity index is 2.37. The first-order chi connectivity index (χ1) is 9.51. The number of benzene rings is 1. The minimum Gasteiger partial charge on any atom is -0.438 e. The van der Waals surface area contributed by atoms with Crippen LogP contribution in [0.15, 0.2) is 24.3 Å². The fourth-order valence-corrected chi connectivity index (χ4v) is 1.86. The third-order valence-corrected chi connectivity index (χ3v) is 2.76. The van der Waals surface area contributed by atoms with E-state index >= 15 is 0 Å². The maximum Gasteiger partial charge on any atom is 0.255 e. The van der Waals surface area contributed by atoms with E-state index in [4.69, 9.17) is 10.5 Å². The van der Waals surface area contributed by atoms with Gasteiger partial charge in [-0.1, -0.05) is 0 Å². The Morgan fingerprint density at radius 2 is 2.20 bits per heavy atom. The molecule has 0 spiro atoms. The van der Waals surface area contributed by atoms with Gasteiger partial charge in [0.25, 0.3) is 5.91 Å². The molecule has 0 fully saturated rings. The van der Waals surface area contributed by atoms with Crippen LogP contribution in [0.2, 0.25) is 0 Å². The fourth-order valence-electron chi connectivity index (χ4n) is 1.86. The number of amides is 1. The van der Waals surface area contributed by atoms with Gasteiger partial charge < -0.3 is 15.8 Å². The van der Waals surface area contributed by atoms with E-state index in [-0.39, 0.29) is 5.91 Å². The zero-order valence-electron chi connectivity index (χ0n) is 11.8. The molecule has 0 saturated carbocycles. The Morgan fingerprint density at radius 1 is 1.45 bits per heavy atom. The first-order valence-corrected chi connectivity index (χ1v) is 6.37. The van der Waals surface area contributed by atoms with Crippen molar-refractivity contribution in [2.24, 2.45) is 7.05 Å². The average Bonchev–Trinajstić information content (AvgIpc) is 2.68. The summed E-state index contributed by atoms with van der Waals surface area (Å²) in [5.41, 5.74) is 7.58. The Kier molecular flexibility index (Phi) is 3.93. The lowest BCUT2D eigenvalue weighted by molar-refractivity contribution is 0.0953. The molecule has 1 heterocycles. The van der Waals surface area contributed by atoms with E-state index in [1.807, 2.05) is 13.8 Å². The minimum absolute atomic E-state index is 0.193. The highest BCUT2D eigenvalue weighted by molar-refractivity contribution is 5.97. The third-order valence-electron chi connectivity index (χ3n) is 2.76. The van der Waals surface area contributed by atoms with E-state index in [2.05, 4.69) is 10.4 Å². The topological polar surface area (TPSA) is 82.2 Å². The van der Waals surface area contributed by atoms with Crippen LogP contribution in [0.1, 0.15) is 23.0 Å². The van der Waals surface area contributed by atoms with Crippen molar-refractivity contribution in [1.29, 1.82) is 0 Å². The van der Waals surface area contributed by atoms with Crippen LogP contribution in [0.4, 0.5) is 5.69 Å². The monoisotopic (exact) mass is 274 g/mol. The summed E-state index contributed by atoms with van der Waals surface area (Å²) in [4.78, 5) is 12.0. The van der Waals surface area contributed by atoms with Crippen LogP contribution in [-0.4, -0.2) is 22.2 Å². The number of anilines is 1. The number of hydrogen-bond acceptors (Lipinski definition) is 4. The van der Waals surface area contributed by atoms with Gasteiger partial charge in [0.15, 0.2) is 0 Å². The van der Waals surface area contributed by atoms with Crippen molar-refractivity contribution in [1.82, 2.24) is 15.1 Å². The van der Waals surface area contributed by atoms with Crippen LogP contribution in [0.25, 0.3) is 0 Å². The highest BCUT2D eigenvalue weighted by Gasteiger charge is 2.14. The quantitative estimate of drug-likeness (QED) is 0.834. The predicted molar refractivity (Wildman–Crippen MR) is 76.9 cm³/mol. The lowest BCUT2D eigenvalue weighted by Gasteiger charge is -2.11. The molecule has 6 heteroatoms. The summed E-state index contributed by atoms with van der Waals surface area (Å²) in [6.45, 7) is 4.28. The molecule has 0 atom stereocenters. The number of aromatic nitrogens is 2. The summed E-state index contributed by atoms with van der Waals surface area (Å²) in [6, 6.07) is 6.75. The average molecular weight is 274 g/mol. The molecule has 1 aromatic carbocycles. The van der Waals surface area contributed by atoms with Crippen molar-refractivity contribution < 1.29 is 9.53 Å². The Labute approximate surface area is 117 Å². The molecule has 0 aliphatic heterocycles. The van der Waals surface area contributed by atoms with Crippen molar-refractivity contribution in [3.8, 4) is 11.6 Å². The number of hydrogen-bond donors (Lipinski definition) is 2. The summed E-state index contributed by atoms with van der Waals surface area (Å²) < 4.78 is 7.38. The van der Waals surface area contributed by atoms with E-state index in [9.17, 15) is 4.79 Å². The number of ether oxygens (including phenoxy) is 1. The van der Waals surface area contributed by atoms with Crippen LogP contribution in [-0.2, 0) is 7.05 Å². The highest BCUT2D eigenvalue weighted by atomic mass is 16.5. The second kappa shape index (κ2) is 5.64. The van der Waals surface area contributed by atoms with Crippen LogP contribution >= 0.6 is 0 Å². The normalized spacial score (nSPS) is 10.3. The molecule has 0 unspecified atom stereocenters. The van der Waals surface area contributed by atoms with Gasteiger partial charge in [0.1, 0.15) is 5.75 Å². The number of carbonyl (C=O) groups is 1. The maximum absolute atomic E-state index is 12.0. The van der Waals surface area contributed by atoms with Gasteiger partial charge in [-0.15, -0.1) is 0 Å². The summed E-state index contributed by atoms with van der Waals surface area (Å²) in [5.74, 6) is 0.777. The van der Waals surface area contributed by atoms with Crippen molar-refractivity contribution in [2.45, 2.75) is 13.8 Å². The van der Waals surface area contributed by atoms with Gasteiger partial charge in [0.05, 0.1) is 11.3 Å². The Morgan fingerprint density at radius 3 is 2.80 bits per heavy atom. The van der Waals surface area contributed by atoms with Crippen molar-refractivity contribution in [3.05, 3.63) is 35.5 Å². The fraction of sp³-hybridized carbons (Fsp3) is 0.286. The van der Waals surface area contributed by atoms with Crippen molar-refractivity contribution in [2.75, 3.05) is 12.3 Å². The van der Waals surface area contributed by atoms with Gasteiger partial charge in [-0.2, -0.15) is 5.10 Å². The molecular weight excluding hydrogens is 256 g/mol. The zero-order valence-corrected chi connectivity index (χ0v) is 11.8. The van der Waals surface area contributed by atoms with Gasteiger partial charge in [0, 0.05) is 31.4 Å². The standard InChI is InChI=1S/C14H18N4O2/c1-4-16-14(19)11-6-5-10(15)8-12(11)20-13-7-9(2)17-18(13)3/h5-8H,4,15H2,1-3H3,(H,16,19). The molecule has 0 saturated heterocycles. The summed E-state index contributed by atoms with van der Waals surface area (Å²) >= 11 is 0. The smallest absolute Gasteiger partial charge is 0.255 e. The third kappa shape index (κ3) is 2.90. The number of aryl methyl sites for hydroxylation is 2. The number of nitrogens with one attached hydrogen (secondary N) is 1. The molecule has 3 N–H and O–H groups in total. The second-order valence-corrected chi connectivity index (χ2v) is 4.46. The molecule has 20 heavy (non-hydrogen) atoms. The molecule has 106 valence electrons. The predicted octanol–water partition coefficient (Wildman–Crippen LogP) is 1.85. The molecule has 1 amide bonds. The molecule has 0 bridgehead atoms. The number of nitrogens with two attached hydrogens (primary N) is 1. The summed E-state index contributed by atoms with van der Waals surface area (Å²) in [6.07, 6.45) is 0. The van der Waals surface area contributed by atoms with Gasteiger partial charge in [-0.25, -0.2) is 4.68 Å².